The number of piperidine rings is 1. The highest BCUT2D eigenvalue weighted by molar-refractivity contribution is 5.81. The summed E-state index contributed by atoms with van der Waals surface area (Å²) in [6.07, 6.45) is 5.92. The van der Waals surface area contributed by atoms with E-state index in [1.807, 2.05) is 18.3 Å². The average molecular weight is 255 g/mol. The van der Waals surface area contributed by atoms with Crippen LogP contribution >= 0.6 is 0 Å². The molecule has 1 aliphatic rings. The third-order valence-corrected chi connectivity index (χ3v) is 4.05. The van der Waals surface area contributed by atoms with E-state index in [2.05, 4.69) is 40.4 Å². The molecule has 1 atom stereocenters. The Balaban J connectivity index is 1.67. The third kappa shape index (κ3) is 2.87. The Morgan fingerprint density at radius 1 is 1.32 bits per heavy atom. The van der Waals surface area contributed by atoms with Crippen molar-refractivity contribution in [3.05, 3.63) is 36.5 Å². The number of aromatic nitrogens is 1. The Morgan fingerprint density at radius 2 is 2.21 bits per heavy atom. The molecular formula is C16H21N3. The summed E-state index contributed by atoms with van der Waals surface area (Å²) in [6, 6.07) is 11.1. The van der Waals surface area contributed by atoms with Crippen molar-refractivity contribution < 1.29 is 0 Å². The molecule has 3 heteroatoms. The molecule has 2 aromatic rings. The SMILES string of the molecule is CN1CCCCC1CNc1cnc2ccccc2c1. The molecular weight excluding hydrogens is 234 g/mol. The van der Waals surface area contributed by atoms with Gasteiger partial charge in [0.05, 0.1) is 17.4 Å². The Hall–Kier alpha value is -1.61. The number of hydrogen-bond donors (Lipinski definition) is 1. The number of pyridine rings is 1. The summed E-state index contributed by atoms with van der Waals surface area (Å²) in [4.78, 5) is 6.95. The van der Waals surface area contributed by atoms with Gasteiger partial charge in [0, 0.05) is 18.0 Å². The highest BCUT2D eigenvalue weighted by Crippen LogP contribution is 2.18. The van der Waals surface area contributed by atoms with Gasteiger partial charge >= 0.3 is 0 Å². The molecule has 19 heavy (non-hydrogen) atoms. The van der Waals surface area contributed by atoms with Crippen LogP contribution in [0.1, 0.15) is 19.3 Å². The summed E-state index contributed by atoms with van der Waals surface area (Å²) in [5.41, 5.74) is 2.18. The van der Waals surface area contributed by atoms with E-state index < -0.39 is 0 Å². The van der Waals surface area contributed by atoms with Crippen molar-refractivity contribution in [2.75, 3.05) is 25.5 Å². The number of para-hydroxylation sites is 1. The zero-order valence-corrected chi connectivity index (χ0v) is 11.5. The van der Waals surface area contributed by atoms with Crippen LogP contribution < -0.4 is 5.32 Å². The van der Waals surface area contributed by atoms with Gasteiger partial charge in [-0.1, -0.05) is 24.6 Å². The van der Waals surface area contributed by atoms with Crippen LogP contribution in [0.15, 0.2) is 36.5 Å². The maximum absolute atomic E-state index is 4.49. The Morgan fingerprint density at radius 3 is 3.11 bits per heavy atom. The fourth-order valence-electron chi connectivity index (χ4n) is 2.81. The highest BCUT2D eigenvalue weighted by atomic mass is 15.2. The number of likely N-dealkylation sites (tertiary alicyclic amines) is 1. The van der Waals surface area contributed by atoms with Gasteiger partial charge < -0.3 is 10.2 Å². The minimum absolute atomic E-state index is 0.653. The summed E-state index contributed by atoms with van der Waals surface area (Å²) in [6.45, 7) is 2.23. The van der Waals surface area contributed by atoms with Crippen molar-refractivity contribution in [1.29, 1.82) is 0 Å². The first-order valence-electron chi connectivity index (χ1n) is 7.12. The van der Waals surface area contributed by atoms with Gasteiger partial charge in [0.2, 0.25) is 0 Å². The number of hydrogen-bond acceptors (Lipinski definition) is 3. The zero-order chi connectivity index (χ0) is 13.1. The van der Waals surface area contributed by atoms with Crippen LogP contribution in [0, 0.1) is 0 Å². The van der Waals surface area contributed by atoms with E-state index in [4.69, 9.17) is 0 Å². The van der Waals surface area contributed by atoms with Crippen molar-refractivity contribution in [3.8, 4) is 0 Å². The molecule has 0 aliphatic carbocycles. The second-order valence-corrected chi connectivity index (χ2v) is 5.43. The van der Waals surface area contributed by atoms with Crippen LogP contribution in [0.2, 0.25) is 0 Å². The molecule has 1 aromatic heterocycles. The van der Waals surface area contributed by atoms with Gasteiger partial charge in [0.25, 0.3) is 0 Å². The molecule has 0 amide bonds. The largest absolute Gasteiger partial charge is 0.382 e. The van der Waals surface area contributed by atoms with Crippen molar-refractivity contribution >= 4 is 16.6 Å². The molecule has 0 saturated carbocycles. The van der Waals surface area contributed by atoms with Crippen LogP contribution in [0.3, 0.4) is 0 Å². The summed E-state index contributed by atoms with van der Waals surface area (Å²) in [5, 5.41) is 4.73. The maximum atomic E-state index is 4.49. The number of nitrogens with zero attached hydrogens (tertiary/aromatic N) is 2. The Kier molecular flexibility index (Phi) is 3.65. The molecule has 3 rings (SSSR count). The lowest BCUT2D eigenvalue weighted by molar-refractivity contribution is 0.194. The molecule has 1 aliphatic heterocycles. The van der Waals surface area contributed by atoms with E-state index in [0.717, 1.165) is 17.7 Å². The minimum atomic E-state index is 0.653. The first-order valence-corrected chi connectivity index (χ1v) is 7.12. The number of anilines is 1. The lowest BCUT2D eigenvalue weighted by atomic mass is 10.0. The van der Waals surface area contributed by atoms with Gasteiger partial charge in [-0.3, -0.25) is 4.98 Å². The number of benzene rings is 1. The van der Waals surface area contributed by atoms with Crippen LogP contribution in [-0.4, -0.2) is 36.1 Å². The quantitative estimate of drug-likeness (QED) is 0.913. The summed E-state index contributed by atoms with van der Waals surface area (Å²) in [5.74, 6) is 0. The van der Waals surface area contributed by atoms with E-state index in [0.29, 0.717) is 6.04 Å². The molecule has 2 heterocycles. The van der Waals surface area contributed by atoms with Gasteiger partial charge in [0.15, 0.2) is 0 Å². The van der Waals surface area contributed by atoms with Crippen molar-refractivity contribution in [2.24, 2.45) is 0 Å². The van der Waals surface area contributed by atoms with Crippen molar-refractivity contribution in [1.82, 2.24) is 9.88 Å². The number of fused-ring (bicyclic) bond motifs is 1. The Bertz CT molecular complexity index is 552. The van der Waals surface area contributed by atoms with Gasteiger partial charge in [-0.25, -0.2) is 0 Å². The zero-order valence-electron chi connectivity index (χ0n) is 11.5. The van der Waals surface area contributed by atoms with Gasteiger partial charge in [-0.2, -0.15) is 0 Å². The van der Waals surface area contributed by atoms with E-state index in [1.165, 1.54) is 31.2 Å². The van der Waals surface area contributed by atoms with Crippen LogP contribution in [-0.2, 0) is 0 Å². The average Bonchev–Trinajstić information content (AvgIpc) is 2.46. The maximum Gasteiger partial charge on any atom is 0.0703 e. The molecule has 1 fully saturated rings. The number of nitrogens with one attached hydrogen (secondary N) is 1. The molecule has 0 radical (unpaired) electrons. The fourth-order valence-corrected chi connectivity index (χ4v) is 2.81. The Labute approximate surface area is 114 Å². The first-order chi connectivity index (χ1) is 9.33. The minimum Gasteiger partial charge on any atom is -0.382 e. The van der Waals surface area contributed by atoms with Crippen molar-refractivity contribution in [2.45, 2.75) is 25.3 Å². The molecule has 3 nitrogen and oxygen atoms in total. The second-order valence-electron chi connectivity index (χ2n) is 5.43. The van der Waals surface area contributed by atoms with Crippen LogP contribution in [0.5, 0.6) is 0 Å². The third-order valence-electron chi connectivity index (χ3n) is 4.05. The number of rotatable bonds is 3. The normalized spacial score (nSPS) is 20.6. The van der Waals surface area contributed by atoms with Gasteiger partial charge in [0.1, 0.15) is 0 Å². The van der Waals surface area contributed by atoms with Crippen LogP contribution in [0.4, 0.5) is 5.69 Å². The first kappa shape index (κ1) is 12.4. The van der Waals surface area contributed by atoms with E-state index >= 15 is 0 Å². The van der Waals surface area contributed by atoms with E-state index in [-0.39, 0.29) is 0 Å². The van der Waals surface area contributed by atoms with Gasteiger partial charge in [-0.15, -0.1) is 0 Å². The summed E-state index contributed by atoms with van der Waals surface area (Å²) < 4.78 is 0. The fraction of sp³-hybridized carbons (Fsp3) is 0.438. The highest BCUT2D eigenvalue weighted by Gasteiger charge is 2.18. The molecule has 0 bridgehead atoms. The smallest absolute Gasteiger partial charge is 0.0703 e. The molecule has 0 spiro atoms. The van der Waals surface area contributed by atoms with Crippen LogP contribution in [0.25, 0.3) is 10.9 Å². The summed E-state index contributed by atoms with van der Waals surface area (Å²) >= 11 is 0. The standard InChI is InChI=1S/C16H21N3/c1-19-9-5-4-7-15(19)12-17-14-10-13-6-2-3-8-16(13)18-11-14/h2-3,6,8,10-11,15,17H,4-5,7,9,12H2,1H3. The number of likely N-dealkylation sites (N-methyl/N-ethyl adjacent to an activating group) is 1. The molecule has 100 valence electrons. The lowest BCUT2D eigenvalue weighted by Gasteiger charge is -2.32. The predicted octanol–water partition coefficient (Wildman–Crippen LogP) is 3.13. The van der Waals surface area contributed by atoms with E-state index in [1.54, 1.807) is 0 Å². The molecule has 1 unspecified atom stereocenters. The monoisotopic (exact) mass is 255 g/mol. The second kappa shape index (κ2) is 5.57. The molecule has 1 saturated heterocycles. The van der Waals surface area contributed by atoms with E-state index in [9.17, 15) is 0 Å². The lowest BCUT2D eigenvalue weighted by Crippen LogP contribution is -2.40. The van der Waals surface area contributed by atoms with Gasteiger partial charge in [-0.05, 0) is 38.6 Å². The molecule has 1 aromatic carbocycles. The predicted molar refractivity (Wildman–Crippen MR) is 80.5 cm³/mol. The molecule has 1 N–H and O–H groups in total. The van der Waals surface area contributed by atoms with Crippen molar-refractivity contribution in [3.63, 3.8) is 0 Å². The topological polar surface area (TPSA) is 28.2 Å². The summed E-state index contributed by atoms with van der Waals surface area (Å²) in [7, 11) is 2.23.